The summed E-state index contributed by atoms with van der Waals surface area (Å²) in [6.45, 7) is 7.52. The van der Waals surface area contributed by atoms with Crippen LogP contribution in [0.4, 0.5) is 0 Å². The summed E-state index contributed by atoms with van der Waals surface area (Å²) in [5.41, 5.74) is -0.559. The highest BCUT2D eigenvalue weighted by atomic mass is 16.6. The molecule has 2 atom stereocenters. The molecule has 0 aromatic rings. The number of aliphatic hydroxyl groups excluding tert-OH is 2. The predicted molar refractivity (Wildman–Crippen MR) is 135 cm³/mol. The molecule has 4 nitrogen and oxygen atoms in total. The van der Waals surface area contributed by atoms with Gasteiger partial charge >= 0.3 is 5.97 Å². The number of ether oxygens (including phenoxy) is 1. The van der Waals surface area contributed by atoms with Crippen LogP contribution in [-0.4, -0.2) is 34.0 Å². The molecule has 0 rings (SSSR count). The molecule has 2 N–H and O–H groups in total. The van der Waals surface area contributed by atoms with Gasteiger partial charge in [0.1, 0.15) is 5.60 Å². The molecular formula is C28H46O4. The van der Waals surface area contributed by atoms with E-state index in [1.807, 2.05) is 0 Å². The van der Waals surface area contributed by atoms with Crippen LogP contribution >= 0.6 is 0 Å². The summed E-state index contributed by atoms with van der Waals surface area (Å²) >= 11 is 0. The summed E-state index contributed by atoms with van der Waals surface area (Å²) in [6.07, 6.45) is 27.7. The Bertz CT molecular complexity index is 605. The molecule has 0 saturated carbocycles. The molecular weight excluding hydrogens is 400 g/mol. The first-order chi connectivity index (χ1) is 15.2. The molecule has 0 heterocycles. The third-order valence-electron chi connectivity index (χ3n) is 4.43. The number of allylic oxidation sites excluding steroid dienone is 10. The van der Waals surface area contributed by atoms with E-state index in [0.29, 0.717) is 6.42 Å². The van der Waals surface area contributed by atoms with Crippen LogP contribution < -0.4 is 0 Å². The Balaban J connectivity index is 3.73. The van der Waals surface area contributed by atoms with Gasteiger partial charge in [-0.05, 0) is 78.6 Å². The Morgan fingerprint density at radius 3 is 1.72 bits per heavy atom. The zero-order valence-corrected chi connectivity index (χ0v) is 20.7. The van der Waals surface area contributed by atoms with E-state index < -0.39 is 23.8 Å². The lowest BCUT2D eigenvalue weighted by molar-refractivity contribution is -0.157. The fourth-order valence-electron chi connectivity index (χ4n) is 2.93. The van der Waals surface area contributed by atoms with Crippen molar-refractivity contribution in [3.63, 3.8) is 0 Å². The van der Waals surface area contributed by atoms with Crippen molar-refractivity contribution in [3.05, 3.63) is 60.8 Å². The van der Waals surface area contributed by atoms with Crippen LogP contribution in [0, 0.1) is 0 Å². The standard InChI is InChI=1S/C28H46O4/c1-5-6-7-8-9-10-11-12-13-14-15-16-17-18-19-20-21-22-25(29)23-26(30)24-27(31)32-28(2,3)4/h6-7,9-10,12-13,15-16,18-19,25-26,29-30H,5,8,11,14,17,20-24H2,1-4H3/t25-,26-/m1/s1. The lowest BCUT2D eigenvalue weighted by Gasteiger charge is -2.21. The predicted octanol–water partition coefficient (Wildman–Crippen LogP) is 6.75. The molecule has 0 bridgehead atoms. The molecule has 182 valence electrons. The van der Waals surface area contributed by atoms with Crippen LogP contribution in [0.15, 0.2) is 60.8 Å². The number of aliphatic hydroxyl groups is 2. The van der Waals surface area contributed by atoms with Crippen LogP contribution in [0.5, 0.6) is 0 Å². The van der Waals surface area contributed by atoms with E-state index in [-0.39, 0.29) is 12.8 Å². The van der Waals surface area contributed by atoms with Crippen molar-refractivity contribution in [3.8, 4) is 0 Å². The van der Waals surface area contributed by atoms with E-state index in [1.165, 1.54) is 0 Å². The minimum Gasteiger partial charge on any atom is -0.460 e. The van der Waals surface area contributed by atoms with Crippen molar-refractivity contribution >= 4 is 5.97 Å². The first-order valence-corrected chi connectivity index (χ1v) is 12.1. The van der Waals surface area contributed by atoms with Gasteiger partial charge in [-0.2, -0.15) is 0 Å². The Kier molecular flexibility index (Phi) is 18.6. The molecule has 0 aliphatic heterocycles. The van der Waals surface area contributed by atoms with Crippen LogP contribution in [0.1, 0.15) is 91.9 Å². The van der Waals surface area contributed by atoms with Crippen molar-refractivity contribution in [2.24, 2.45) is 0 Å². The number of hydrogen-bond donors (Lipinski definition) is 2. The summed E-state index contributed by atoms with van der Waals surface area (Å²) < 4.78 is 5.18. The van der Waals surface area contributed by atoms with Crippen molar-refractivity contribution in [2.75, 3.05) is 0 Å². The van der Waals surface area contributed by atoms with Gasteiger partial charge in [0.2, 0.25) is 0 Å². The van der Waals surface area contributed by atoms with Crippen LogP contribution in [0.25, 0.3) is 0 Å². The van der Waals surface area contributed by atoms with Gasteiger partial charge in [0, 0.05) is 0 Å². The SMILES string of the molecule is CCC=CCC=CCC=CCC=CCC=CCCC[C@@H](O)C[C@@H](O)CC(=O)OC(C)(C)C. The van der Waals surface area contributed by atoms with Crippen molar-refractivity contribution in [2.45, 2.75) is 110 Å². The Labute approximate surface area is 196 Å². The molecule has 32 heavy (non-hydrogen) atoms. The van der Waals surface area contributed by atoms with Gasteiger partial charge in [0.25, 0.3) is 0 Å². The van der Waals surface area contributed by atoms with Gasteiger partial charge in [-0.25, -0.2) is 0 Å². The lowest BCUT2D eigenvalue weighted by Crippen LogP contribution is -2.28. The number of carbonyl (C=O) groups excluding carboxylic acids is 1. The van der Waals surface area contributed by atoms with E-state index in [0.717, 1.165) is 44.9 Å². The average molecular weight is 447 g/mol. The molecule has 0 spiro atoms. The summed E-state index contributed by atoms with van der Waals surface area (Å²) in [7, 11) is 0. The molecule has 0 aliphatic rings. The maximum atomic E-state index is 11.7. The highest BCUT2D eigenvalue weighted by molar-refractivity contribution is 5.70. The lowest BCUT2D eigenvalue weighted by atomic mass is 10.0. The minimum atomic E-state index is -0.867. The number of esters is 1. The second kappa shape index (κ2) is 19.8. The van der Waals surface area contributed by atoms with Crippen molar-refractivity contribution in [1.82, 2.24) is 0 Å². The highest BCUT2D eigenvalue weighted by Crippen LogP contribution is 2.13. The van der Waals surface area contributed by atoms with E-state index >= 15 is 0 Å². The van der Waals surface area contributed by atoms with Gasteiger partial charge in [-0.15, -0.1) is 0 Å². The largest absolute Gasteiger partial charge is 0.460 e. The molecule has 0 aliphatic carbocycles. The number of unbranched alkanes of at least 4 members (excludes halogenated alkanes) is 1. The Hall–Kier alpha value is -1.91. The first-order valence-electron chi connectivity index (χ1n) is 12.1. The molecule has 0 amide bonds. The van der Waals surface area contributed by atoms with E-state index in [9.17, 15) is 15.0 Å². The molecule has 4 heteroatoms. The number of hydrogen-bond acceptors (Lipinski definition) is 4. The molecule has 0 aromatic carbocycles. The maximum Gasteiger partial charge on any atom is 0.308 e. The zero-order chi connectivity index (χ0) is 24.1. The third kappa shape index (κ3) is 22.8. The number of carbonyl (C=O) groups is 1. The van der Waals surface area contributed by atoms with Gasteiger partial charge in [-0.1, -0.05) is 67.7 Å². The summed E-state index contributed by atoms with van der Waals surface area (Å²) in [6, 6.07) is 0. The molecule has 0 aromatic heterocycles. The molecule has 0 saturated heterocycles. The normalized spacial score (nSPS) is 15.1. The van der Waals surface area contributed by atoms with Gasteiger partial charge in [-0.3, -0.25) is 4.79 Å². The van der Waals surface area contributed by atoms with Crippen LogP contribution in [0.2, 0.25) is 0 Å². The fourth-order valence-corrected chi connectivity index (χ4v) is 2.93. The minimum absolute atomic E-state index is 0.0803. The molecule has 0 radical (unpaired) electrons. The highest BCUT2D eigenvalue weighted by Gasteiger charge is 2.20. The van der Waals surface area contributed by atoms with Crippen molar-refractivity contribution in [1.29, 1.82) is 0 Å². The van der Waals surface area contributed by atoms with E-state index in [1.54, 1.807) is 20.8 Å². The van der Waals surface area contributed by atoms with Gasteiger partial charge in [0.15, 0.2) is 0 Å². The fraction of sp³-hybridized carbons (Fsp3) is 0.607. The average Bonchev–Trinajstić information content (AvgIpc) is 2.68. The molecule has 0 unspecified atom stereocenters. The van der Waals surface area contributed by atoms with E-state index in [4.69, 9.17) is 4.74 Å². The smallest absolute Gasteiger partial charge is 0.308 e. The topological polar surface area (TPSA) is 66.8 Å². The van der Waals surface area contributed by atoms with E-state index in [2.05, 4.69) is 67.7 Å². The maximum absolute atomic E-state index is 11.7. The van der Waals surface area contributed by atoms with Crippen LogP contribution in [-0.2, 0) is 9.53 Å². The monoisotopic (exact) mass is 446 g/mol. The second-order valence-corrected chi connectivity index (χ2v) is 8.97. The van der Waals surface area contributed by atoms with Gasteiger partial charge in [0.05, 0.1) is 18.6 Å². The van der Waals surface area contributed by atoms with Crippen LogP contribution in [0.3, 0.4) is 0 Å². The summed E-state index contributed by atoms with van der Waals surface area (Å²) in [5.74, 6) is -0.434. The number of rotatable bonds is 17. The van der Waals surface area contributed by atoms with Crippen molar-refractivity contribution < 1.29 is 19.7 Å². The third-order valence-corrected chi connectivity index (χ3v) is 4.43. The Morgan fingerprint density at radius 2 is 1.25 bits per heavy atom. The quantitative estimate of drug-likeness (QED) is 0.147. The summed E-state index contributed by atoms with van der Waals surface area (Å²) in [4.78, 5) is 11.7. The second-order valence-electron chi connectivity index (χ2n) is 8.97. The zero-order valence-electron chi connectivity index (χ0n) is 20.7. The Morgan fingerprint density at radius 1 is 0.781 bits per heavy atom. The first kappa shape index (κ1) is 30.1. The van der Waals surface area contributed by atoms with Gasteiger partial charge < -0.3 is 14.9 Å². The molecule has 0 fully saturated rings. The summed E-state index contributed by atoms with van der Waals surface area (Å²) in [5, 5.41) is 20.0.